The van der Waals surface area contributed by atoms with E-state index in [0.29, 0.717) is 5.56 Å². The molecule has 1 unspecified atom stereocenters. The molecule has 6 nitrogen and oxygen atoms in total. The molecule has 0 aromatic heterocycles. The number of carbonyl (C=O) groups excluding carboxylic acids is 2. The molecule has 0 bridgehead atoms. The van der Waals surface area contributed by atoms with E-state index in [2.05, 4.69) is 0 Å². The van der Waals surface area contributed by atoms with Crippen molar-refractivity contribution in [2.75, 3.05) is 6.61 Å². The van der Waals surface area contributed by atoms with Gasteiger partial charge in [-0.3, -0.25) is 19.7 Å². The molecule has 0 amide bonds. The Morgan fingerprint density at radius 2 is 2.00 bits per heavy atom. The number of benzene rings is 1. The maximum Gasteiger partial charge on any atom is 0.316 e. The number of hydrogen-bond donors (Lipinski definition) is 0. The molecular weight excluding hydrogens is 262 g/mol. The average Bonchev–Trinajstić information content (AvgIpc) is 2.39. The lowest BCUT2D eigenvalue weighted by atomic mass is 9.95. The molecule has 108 valence electrons. The van der Waals surface area contributed by atoms with Gasteiger partial charge in [-0.05, 0) is 26.7 Å². The third kappa shape index (κ3) is 4.15. The molecule has 0 radical (unpaired) electrons. The first-order valence-electron chi connectivity index (χ1n) is 6.36. The monoisotopic (exact) mass is 279 g/mol. The Labute approximate surface area is 116 Å². The van der Waals surface area contributed by atoms with Crippen molar-refractivity contribution in [2.24, 2.45) is 5.92 Å². The zero-order chi connectivity index (χ0) is 15.1. The normalized spacial score (nSPS) is 11.7. The Bertz CT molecular complexity index is 512. The van der Waals surface area contributed by atoms with Gasteiger partial charge in [0, 0.05) is 11.6 Å². The molecule has 0 N–H and O–H groups in total. The number of carbonyl (C=O) groups is 2. The number of Topliss-reactive ketones (excluding diaryl/α,β-unsaturated/α-hetero) is 1. The second-order valence-corrected chi connectivity index (χ2v) is 4.34. The summed E-state index contributed by atoms with van der Waals surface area (Å²) in [5.41, 5.74) is 0.506. The van der Waals surface area contributed by atoms with E-state index in [1.807, 2.05) is 0 Å². The van der Waals surface area contributed by atoms with Gasteiger partial charge in [0.2, 0.25) is 0 Å². The number of nitro benzene ring substituents is 1. The van der Waals surface area contributed by atoms with Crippen molar-refractivity contribution in [3.63, 3.8) is 0 Å². The molecular formula is C14H17NO5. The molecule has 20 heavy (non-hydrogen) atoms. The number of ether oxygens (including phenoxy) is 1. The van der Waals surface area contributed by atoms with E-state index in [1.165, 1.54) is 13.0 Å². The predicted molar refractivity (Wildman–Crippen MR) is 72.2 cm³/mol. The van der Waals surface area contributed by atoms with Crippen molar-refractivity contribution in [2.45, 2.75) is 26.7 Å². The van der Waals surface area contributed by atoms with Crippen molar-refractivity contribution in [3.8, 4) is 0 Å². The van der Waals surface area contributed by atoms with Crippen molar-refractivity contribution in [3.05, 3.63) is 39.9 Å². The first-order valence-corrected chi connectivity index (χ1v) is 6.36. The molecule has 0 aliphatic heterocycles. The Kier molecular flexibility index (Phi) is 5.83. The van der Waals surface area contributed by atoms with E-state index >= 15 is 0 Å². The highest BCUT2D eigenvalue weighted by Crippen LogP contribution is 2.21. The fraction of sp³-hybridized carbons (Fsp3) is 0.429. The first-order chi connectivity index (χ1) is 9.47. The Balaban J connectivity index is 2.80. The van der Waals surface area contributed by atoms with Crippen LogP contribution in [0.3, 0.4) is 0 Å². The quantitative estimate of drug-likeness (QED) is 0.331. The summed E-state index contributed by atoms with van der Waals surface area (Å²) in [6.07, 6.45) is 0.485. The minimum Gasteiger partial charge on any atom is -0.465 e. The molecule has 6 heteroatoms. The van der Waals surface area contributed by atoms with Crippen molar-refractivity contribution < 1.29 is 19.2 Å². The van der Waals surface area contributed by atoms with Gasteiger partial charge in [-0.1, -0.05) is 18.2 Å². The third-order valence-electron chi connectivity index (χ3n) is 2.95. The van der Waals surface area contributed by atoms with Gasteiger partial charge in [0.1, 0.15) is 11.7 Å². The Morgan fingerprint density at radius 3 is 2.55 bits per heavy atom. The zero-order valence-corrected chi connectivity index (χ0v) is 11.5. The van der Waals surface area contributed by atoms with Gasteiger partial charge in [0.05, 0.1) is 11.5 Å². The van der Waals surface area contributed by atoms with E-state index in [-0.39, 0.29) is 30.9 Å². The number of nitro groups is 1. The number of rotatable bonds is 7. The summed E-state index contributed by atoms with van der Waals surface area (Å²) in [5, 5.41) is 10.9. The molecule has 1 aromatic carbocycles. The van der Waals surface area contributed by atoms with Gasteiger partial charge < -0.3 is 4.74 Å². The lowest BCUT2D eigenvalue weighted by molar-refractivity contribution is -0.385. The summed E-state index contributed by atoms with van der Waals surface area (Å²) in [5.74, 6) is -1.73. The van der Waals surface area contributed by atoms with Gasteiger partial charge in [-0.2, -0.15) is 0 Å². The van der Waals surface area contributed by atoms with E-state index < -0.39 is 16.8 Å². The fourth-order valence-electron chi connectivity index (χ4n) is 1.93. The van der Waals surface area contributed by atoms with Crippen LogP contribution in [0.15, 0.2) is 24.3 Å². The standard InChI is InChI=1S/C14H17NO5/c1-3-20-14(17)12(10(2)16)9-8-11-6-4-5-7-13(11)15(18)19/h4-7,12H,3,8-9H2,1-2H3. The Hall–Kier alpha value is -2.24. The molecule has 1 aromatic rings. The van der Waals surface area contributed by atoms with Crippen LogP contribution >= 0.6 is 0 Å². The van der Waals surface area contributed by atoms with Gasteiger partial charge in [-0.15, -0.1) is 0 Å². The highest BCUT2D eigenvalue weighted by molar-refractivity contribution is 5.97. The van der Waals surface area contributed by atoms with Crippen LogP contribution in [-0.2, 0) is 20.7 Å². The van der Waals surface area contributed by atoms with E-state index in [4.69, 9.17) is 4.74 Å². The number of nitrogens with zero attached hydrogens (tertiary/aromatic N) is 1. The van der Waals surface area contributed by atoms with Crippen LogP contribution in [0.25, 0.3) is 0 Å². The SMILES string of the molecule is CCOC(=O)C(CCc1ccccc1[N+](=O)[O-])C(C)=O. The lowest BCUT2D eigenvalue weighted by Gasteiger charge is -2.12. The maximum atomic E-state index is 11.6. The molecule has 0 spiro atoms. The molecule has 0 heterocycles. The van der Waals surface area contributed by atoms with Crippen molar-refractivity contribution >= 4 is 17.4 Å². The summed E-state index contributed by atoms with van der Waals surface area (Å²) in [6.45, 7) is 3.19. The molecule has 0 saturated heterocycles. The summed E-state index contributed by atoms with van der Waals surface area (Å²) in [6, 6.07) is 6.30. The lowest BCUT2D eigenvalue weighted by Crippen LogP contribution is -2.25. The number of hydrogen-bond acceptors (Lipinski definition) is 5. The third-order valence-corrected chi connectivity index (χ3v) is 2.95. The van der Waals surface area contributed by atoms with Crippen molar-refractivity contribution in [1.82, 2.24) is 0 Å². The summed E-state index contributed by atoms with van der Waals surface area (Å²) < 4.78 is 4.84. The smallest absolute Gasteiger partial charge is 0.316 e. The fourth-order valence-corrected chi connectivity index (χ4v) is 1.93. The zero-order valence-electron chi connectivity index (χ0n) is 11.5. The maximum absolute atomic E-state index is 11.6. The second-order valence-electron chi connectivity index (χ2n) is 4.34. The van der Waals surface area contributed by atoms with Gasteiger partial charge >= 0.3 is 5.97 Å². The summed E-state index contributed by atoms with van der Waals surface area (Å²) >= 11 is 0. The summed E-state index contributed by atoms with van der Waals surface area (Å²) in [7, 11) is 0. The minimum absolute atomic E-state index is 0.00124. The molecule has 0 fully saturated rings. The molecule has 0 aliphatic rings. The number of aryl methyl sites for hydroxylation is 1. The summed E-state index contributed by atoms with van der Waals surface area (Å²) in [4.78, 5) is 33.5. The van der Waals surface area contributed by atoms with E-state index in [0.717, 1.165) is 0 Å². The van der Waals surface area contributed by atoms with Gasteiger partial charge in [0.25, 0.3) is 5.69 Å². The van der Waals surface area contributed by atoms with Crippen LogP contribution in [-0.4, -0.2) is 23.3 Å². The van der Waals surface area contributed by atoms with Crippen LogP contribution in [0.4, 0.5) is 5.69 Å². The number of para-hydroxylation sites is 1. The largest absolute Gasteiger partial charge is 0.465 e. The van der Waals surface area contributed by atoms with Crippen LogP contribution in [0.2, 0.25) is 0 Å². The molecule has 1 atom stereocenters. The molecule has 0 saturated carbocycles. The highest BCUT2D eigenvalue weighted by atomic mass is 16.6. The minimum atomic E-state index is -0.866. The predicted octanol–water partition coefficient (Wildman–Crippen LogP) is 2.30. The Morgan fingerprint density at radius 1 is 1.35 bits per heavy atom. The van der Waals surface area contributed by atoms with Gasteiger partial charge in [-0.25, -0.2) is 0 Å². The van der Waals surface area contributed by atoms with E-state index in [1.54, 1.807) is 25.1 Å². The molecule has 1 rings (SSSR count). The molecule has 0 aliphatic carbocycles. The van der Waals surface area contributed by atoms with Crippen molar-refractivity contribution in [1.29, 1.82) is 0 Å². The van der Waals surface area contributed by atoms with Gasteiger partial charge in [0.15, 0.2) is 0 Å². The van der Waals surface area contributed by atoms with Crippen LogP contribution in [0.5, 0.6) is 0 Å². The topological polar surface area (TPSA) is 86.5 Å². The van der Waals surface area contributed by atoms with E-state index in [9.17, 15) is 19.7 Å². The highest BCUT2D eigenvalue weighted by Gasteiger charge is 2.25. The first kappa shape index (κ1) is 15.8. The van der Waals surface area contributed by atoms with Crippen LogP contribution < -0.4 is 0 Å². The van der Waals surface area contributed by atoms with Crippen LogP contribution in [0, 0.1) is 16.0 Å². The van der Waals surface area contributed by atoms with Crippen LogP contribution in [0.1, 0.15) is 25.8 Å². The second kappa shape index (κ2) is 7.37. The average molecular weight is 279 g/mol. The number of esters is 1. The number of ketones is 1.